The fourth-order valence-electron chi connectivity index (χ4n) is 1.34. The molecule has 0 aliphatic heterocycles. The van der Waals surface area contributed by atoms with Gasteiger partial charge in [0, 0.05) is 19.0 Å². The van der Waals surface area contributed by atoms with Crippen LogP contribution in [0.2, 0.25) is 0 Å². The Labute approximate surface area is 102 Å². The van der Waals surface area contributed by atoms with Crippen LogP contribution < -0.4 is 0 Å². The third-order valence-electron chi connectivity index (χ3n) is 2.19. The van der Waals surface area contributed by atoms with Gasteiger partial charge >= 0.3 is 5.97 Å². The highest BCUT2D eigenvalue weighted by Crippen LogP contribution is 2.04. The van der Waals surface area contributed by atoms with Gasteiger partial charge in [-0.15, -0.1) is 0 Å². The van der Waals surface area contributed by atoms with Crippen LogP contribution in [0.25, 0.3) is 0 Å². The number of ether oxygens (including phenoxy) is 1. The molecule has 1 amide bonds. The summed E-state index contributed by atoms with van der Waals surface area (Å²) in [5.74, 6) is -0.480. The largest absolute Gasteiger partial charge is 0.466 e. The van der Waals surface area contributed by atoms with Gasteiger partial charge in [-0.3, -0.25) is 9.59 Å². The summed E-state index contributed by atoms with van der Waals surface area (Å²) in [4.78, 5) is 24.5. The standard InChI is InChI=1S/C12H20N2O3/c1-4-17-11(15)6-9-14(8-5-7-13)12(16)10(2)3/h10H,4-6,8-9H2,1-3H3. The number of esters is 1. The molecule has 96 valence electrons. The Morgan fingerprint density at radius 2 is 2.00 bits per heavy atom. The Hall–Kier alpha value is -1.57. The lowest BCUT2D eigenvalue weighted by Gasteiger charge is -2.23. The number of nitrogens with zero attached hydrogens (tertiary/aromatic N) is 2. The van der Waals surface area contributed by atoms with Gasteiger partial charge < -0.3 is 9.64 Å². The Kier molecular flexibility index (Phi) is 7.78. The SMILES string of the molecule is CCOC(=O)CCN(CCC#N)C(=O)C(C)C. The second kappa shape index (κ2) is 8.57. The van der Waals surface area contributed by atoms with Crippen LogP contribution in [-0.2, 0) is 14.3 Å². The van der Waals surface area contributed by atoms with E-state index in [2.05, 4.69) is 0 Å². The maximum absolute atomic E-state index is 11.8. The molecule has 0 spiro atoms. The van der Waals surface area contributed by atoms with Crippen LogP contribution in [0.15, 0.2) is 0 Å². The van der Waals surface area contributed by atoms with Gasteiger partial charge in [0.1, 0.15) is 0 Å². The van der Waals surface area contributed by atoms with E-state index in [4.69, 9.17) is 10.00 Å². The molecule has 0 aromatic carbocycles. The van der Waals surface area contributed by atoms with Crippen molar-refractivity contribution in [2.45, 2.75) is 33.6 Å². The molecule has 0 rings (SSSR count). The summed E-state index contributed by atoms with van der Waals surface area (Å²) in [6.45, 7) is 6.36. The lowest BCUT2D eigenvalue weighted by Crippen LogP contribution is -2.36. The normalized spacial score (nSPS) is 9.82. The average Bonchev–Trinajstić information content (AvgIpc) is 2.28. The van der Waals surface area contributed by atoms with Crippen LogP contribution in [0, 0.1) is 17.2 Å². The van der Waals surface area contributed by atoms with E-state index >= 15 is 0 Å². The Morgan fingerprint density at radius 3 is 2.47 bits per heavy atom. The second-order valence-electron chi connectivity index (χ2n) is 3.94. The third kappa shape index (κ3) is 6.56. The highest BCUT2D eigenvalue weighted by molar-refractivity contribution is 5.79. The fourth-order valence-corrected chi connectivity index (χ4v) is 1.34. The zero-order valence-corrected chi connectivity index (χ0v) is 10.7. The Bertz CT molecular complexity index is 295. The summed E-state index contributed by atoms with van der Waals surface area (Å²) >= 11 is 0. The number of hydrogen-bond donors (Lipinski definition) is 0. The van der Waals surface area contributed by atoms with Gasteiger partial charge in [-0.2, -0.15) is 5.26 Å². The minimum Gasteiger partial charge on any atom is -0.466 e. The van der Waals surface area contributed by atoms with Crippen molar-refractivity contribution in [1.82, 2.24) is 4.90 Å². The van der Waals surface area contributed by atoms with Crippen molar-refractivity contribution in [1.29, 1.82) is 5.26 Å². The molecule has 0 aliphatic carbocycles. The van der Waals surface area contributed by atoms with Gasteiger partial charge in [-0.25, -0.2) is 0 Å². The maximum Gasteiger partial charge on any atom is 0.307 e. The van der Waals surface area contributed by atoms with E-state index in [0.717, 1.165) is 0 Å². The first-order valence-electron chi connectivity index (χ1n) is 5.84. The molecule has 0 unspecified atom stereocenters. The first-order chi connectivity index (χ1) is 8.02. The Balaban J connectivity index is 4.25. The van der Waals surface area contributed by atoms with Gasteiger partial charge in [0.15, 0.2) is 0 Å². The van der Waals surface area contributed by atoms with Crippen molar-refractivity contribution in [3.63, 3.8) is 0 Å². The molecule has 17 heavy (non-hydrogen) atoms. The van der Waals surface area contributed by atoms with Crippen LogP contribution in [-0.4, -0.2) is 36.5 Å². The van der Waals surface area contributed by atoms with E-state index in [-0.39, 0.29) is 30.6 Å². The predicted molar refractivity (Wildman–Crippen MR) is 62.9 cm³/mol. The van der Waals surface area contributed by atoms with E-state index in [1.54, 1.807) is 25.7 Å². The zero-order valence-electron chi connectivity index (χ0n) is 10.7. The Morgan fingerprint density at radius 1 is 1.35 bits per heavy atom. The summed E-state index contributed by atoms with van der Waals surface area (Å²) in [6, 6.07) is 1.99. The molecular formula is C12H20N2O3. The lowest BCUT2D eigenvalue weighted by molar-refractivity contribution is -0.144. The molecule has 5 heteroatoms. The van der Waals surface area contributed by atoms with Crippen LogP contribution in [0.1, 0.15) is 33.6 Å². The molecule has 0 aromatic heterocycles. The predicted octanol–water partition coefficient (Wildman–Crippen LogP) is 1.34. The maximum atomic E-state index is 11.8. The summed E-state index contributed by atoms with van der Waals surface area (Å²) in [5, 5.41) is 8.52. The molecule has 0 aliphatic rings. The molecule has 0 atom stereocenters. The van der Waals surface area contributed by atoms with Gasteiger partial charge in [-0.05, 0) is 6.92 Å². The van der Waals surface area contributed by atoms with Crippen LogP contribution in [0.5, 0.6) is 0 Å². The number of carbonyl (C=O) groups excluding carboxylic acids is 2. The first kappa shape index (κ1) is 15.4. The second-order valence-corrected chi connectivity index (χ2v) is 3.94. The molecule has 0 saturated carbocycles. The van der Waals surface area contributed by atoms with Crippen molar-refractivity contribution in [3.8, 4) is 6.07 Å². The highest BCUT2D eigenvalue weighted by Gasteiger charge is 2.17. The molecule has 5 nitrogen and oxygen atoms in total. The molecule has 0 radical (unpaired) electrons. The summed E-state index contributed by atoms with van der Waals surface area (Å²) < 4.78 is 4.80. The third-order valence-corrected chi connectivity index (χ3v) is 2.19. The van der Waals surface area contributed by atoms with E-state index in [1.165, 1.54) is 0 Å². The fraction of sp³-hybridized carbons (Fsp3) is 0.750. The average molecular weight is 240 g/mol. The van der Waals surface area contributed by atoms with Crippen LogP contribution in [0.4, 0.5) is 0 Å². The van der Waals surface area contributed by atoms with Crippen LogP contribution in [0.3, 0.4) is 0 Å². The van der Waals surface area contributed by atoms with Crippen LogP contribution >= 0.6 is 0 Å². The molecule has 0 saturated heterocycles. The van der Waals surface area contributed by atoms with Gasteiger partial charge in [0.2, 0.25) is 5.91 Å². The summed E-state index contributed by atoms with van der Waals surface area (Å²) in [6.07, 6.45) is 0.457. The lowest BCUT2D eigenvalue weighted by atomic mass is 10.2. The molecular weight excluding hydrogens is 220 g/mol. The number of nitriles is 1. The number of rotatable bonds is 7. The van der Waals surface area contributed by atoms with E-state index in [9.17, 15) is 9.59 Å². The quantitative estimate of drug-likeness (QED) is 0.629. The molecule has 0 aromatic rings. The van der Waals surface area contributed by atoms with Gasteiger partial charge in [-0.1, -0.05) is 13.8 Å². The summed E-state index contributed by atoms with van der Waals surface area (Å²) in [5.41, 5.74) is 0. The zero-order chi connectivity index (χ0) is 13.3. The monoisotopic (exact) mass is 240 g/mol. The van der Waals surface area contributed by atoms with Gasteiger partial charge in [0.25, 0.3) is 0 Å². The van der Waals surface area contributed by atoms with Crippen molar-refractivity contribution >= 4 is 11.9 Å². The number of carbonyl (C=O) groups is 2. The highest BCUT2D eigenvalue weighted by atomic mass is 16.5. The summed E-state index contributed by atoms with van der Waals surface area (Å²) in [7, 11) is 0. The minimum atomic E-state index is -0.314. The van der Waals surface area contributed by atoms with E-state index < -0.39 is 0 Å². The van der Waals surface area contributed by atoms with Crippen molar-refractivity contribution in [2.75, 3.05) is 19.7 Å². The van der Waals surface area contributed by atoms with Gasteiger partial charge in [0.05, 0.1) is 25.5 Å². The topological polar surface area (TPSA) is 70.4 Å². The smallest absolute Gasteiger partial charge is 0.307 e. The minimum absolute atomic E-state index is 0.0375. The molecule has 0 heterocycles. The van der Waals surface area contributed by atoms with Crippen molar-refractivity contribution < 1.29 is 14.3 Å². The van der Waals surface area contributed by atoms with E-state index in [0.29, 0.717) is 19.7 Å². The van der Waals surface area contributed by atoms with Crippen molar-refractivity contribution in [3.05, 3.63) is 0 Å². The molecule has 0 bridgehead atoms. The number of amides is 1. The van der Waals surface area contributed by atoms with E-state index in [1.807, 2.05) is 6.07 Å². The molecule has 0 N–H and O–H groups in total. The first-order valence-corrected chi connectivity index (χ1v) is 5.84. The molecule has 0 fully saturated rings. The van der Waals surface area contributed by atoms with Crippen molar-refractivity contribution in [2.24, 2.45) is 5.92 Å². The number of hydrogen-bond acceptors (Lipinski definition) is 4.